The number of rotatable bonds is 6. The summed E-state index contributed by atoms with van der Waals surface area (Å²) < 4.78 is 4.69. The second kappa shape index (κ2) is 6.27. The van der Waals surface area contributed by atoms with Crippen molar-refractivity contribution in [3.8, 4) is 6.07 Å². The minimum absolute atomic E-state index is 0.0818. The van der Waals surface area contributed by atoms with Crippen LogP contribution in [0.1, 0.15) is 5.69 Å². The fourth-order valence-electron chi connectivity index (χ4n) is 1.25. The summed E-state index contributed by atoms with van der Waals surface area (Å²) in [4.78, 5) is 24.3. The molecule has 0 saturated carbocycles. The van der Waals surface area contributed by atoms with Gasteiger partial charge in [0.15, 0.2) is 6.10 Å². The lowest BCUT2D eigenvalue weighted by Crippen LogP contribution is -2.30. The van der Waals surface area contributed by atoms with E-state index in [0.717, 1.165) is 6.07 Å². The first-order valence-electron chi connectivity index (χ1n) is 5.04. The molecule has 19 heavy (non-hydrogen) atoms. The number of nitro groups is 1. The van der Waals surface area contributed by atoms with Crippen LogP contribution in [0.2, 0.25) is 0 Å². The Balaban J connectivity index is 2.84. The third-order valence-electron chi connectivity index (χ3n) is 2.21. The number of hydrogen-bond donors (Lipinski definition) is 2. The van der Waals surface area contributed by atoms with Gasteiger partial charge < -0.3 is 15.2 Å². The van der Waals surface area contributed by atoms with Gasteiger partial charge in [-0.2, -0.15) is 5.26 Å². The number of pyridine rings is 1. The maximum Gasteiger partial charge on any atom is 0.334 e. The number of aliphatic carboxylic acids is 1. The van der Waals surface area contributed by atoms with E-state index in [1.54, 1.807) is 6.07 Å². The van der Waals surface area contributed by atoms with Gasteiger partial charge in [-0.25, -0.2) is 9.78 Å². The molecule has 2 N–H and O–H groups in total. The Morgan fingerprint density at radius 1 is 1.74 bits per heavy atom. The maximum absolute atomic E-state index is 10.7. The normalized spacial score (nSPS) is 11.4. The summed E-state index contributed by atoms with van der Waals surface area (Å²) in [7, 11) is 1.24. The van der Waals surface area contributed by atoms with Crippen molar-refractivity contribution in [2.24, 2.45) is 0 Å². The third kappa shape index (κ3) is 3.62. The van der Waals surface area contributed by atoms with Gasteiger partial charge in [0.05, 0.1) is 11.5 Å². The Kier molecular flexibility index (Phi) is 4.73. The number of methoxy groups -OCH3 is 1. The molecule has 1 heterocycles. The number of anilines is 1. The Morgan fingerprint density at radius 3 is 2.89 bits per heavy atom. The molecule has 0 aliphatic heterocycles. The van der Waals surface area contributed by atoms with Crippen molar-refractivity contribution in [3.63, 3.8) is 0 Å². The lowest BCUT2D eigenvalue weighted by molar-refractivity contribution is -0.385. The predicted octanol–water partition coefficient (Wildman–Crippen LogP) is 0.373. The number of hydrogen-bond acceptors (Lipinski definition) is 7. The zero-order valence-electron chi connectivity index (χ0n) is 9.86. The van der Waals surface area contributed by atoms with Crippen LogP contribution in [0.4, 0.5) is 11.5 Å². The van der Waals surface area contributed by atoms with Crippen LogP contribution < -0.4 is 5.32 Å². The quantitative estimate of drug-likeness (QED) is 0.556. The molecule has 0 saturated heterocycles. The molecular formula is C10H10N4O5. The molecule has 0 fully saturated rings. The van der Waals surface area contributed by atoms with E-state index in [4.69, 9.17) is 10.4 Å². The van der Waals surface area contributed by atoms with E-state index in [9.17, 15) is 14.9 Å². The van der Waals surface area contributed by atoms with E-state index in [-0.39, 0.29) is 18.1 Å². The highest BCUT2D eigenvalue weighted by Crippen LogP contribution is 2.17. The van der Waals surface area contributed by atoms with E-state index in [0.29, 0.717) is 0 Å². The Hall–Kier alpha value is -2.73. The third-order valence-corrected chi connectivity index (χ3v) is 2.21. The minimum atomic E-state index is -1.16. The summed E-state index contributed by atoms with van der Waals surface area (Å²) in [6, 6.07) is 4.01. The molecule has 0 spiro atoms. The maximum atomic E-state index is 10.7. The Bertz CT molecular complexity index is 539. The highest BCUT2D eigenvalue weighted by atomic mass is 16.6. The smallest absolute Gasteiger partial charge is 0.334 e. The van der Waals surface area contributed by atoms with Gasteiger partial charge in [0.2, 0.25) is 5.69 Å². The van der Waals surface area contributed by atoms with Crippen LogP contribution in [-0.2, 0) is 9.53 Å². The Labute approximate surface area is 107 Å². The van der Waals surface area contributed by atoms with Crippen LogP contribution in [-0.4, -0.2) is 40.7 Å². The number of carboxylic acids is 1. The monoisotopic (exact) mass is 266 g/mol. The molecule has 0 bridgehead atoms. The molecular weight excluding hydrogens is 256 g/mol. The largest absolute Gasteiger partial charge is 0.479 e. The van der Waals surface area contributed by atoms with E-state index < -0.39 is 22.7 Å². The molecule has 0 radical (unpaired) electrons. The van der Waals surface area contributed by atoms with E-state index >= 15 is 0 Å². The zero-order chi connectivity index (χ0) is 14.4. The highest BCUT2D eigenvalue weighted by Gasteiger charge is 2.18. The van der Waals surface area contributed by atoms with Crippen molar-refractivity contribution in [1.29, 1.82) is 5.26 Å². The van der Waals surface area contributed by atoms with Gasteiger partial charge in [0.1, 0.15) is 11.9 Å². The van der Waals surface area contributed by atoms with Crippen LogP contribution in [0.3, 0.4) is 0 Å². The van der Waals surface area contributed by atoms with Gasteiger partial charge in [0.25, 0.3) is 0 Å². The van der Waals surface area contributed by atoms with Gasteiger partial charge in [0, 0.05) is 13.2 Å². The molecule has 0 aliphatic rings. The summed E-state index contributed by atoms with van der Waals surface area (Å²) in [5.74, 6) is -0.997. The van der Waals surface area contributed by atoms with Crippen molar-refractivity contribution in [2.45, 2.75) is 6.10 Å². The van der Waals surface area contributed by atoms with Crippen molar-refractivity contribution >= 4 is 17.5 Å². The molecule has 0 amide bonds. The van der Waals surface area contributed by atoms with Crippen LogP contribution in [0.25, 0.3) is 0 Å². The minimum Gasteiger partial charge on any atom is -0.479 e. The van der Waals surface area contributed by atoms with Crippen LogP contribution in [0, 0.1) is 21.4 Å². The molecule has 100 valence electrons. The number of nitrogens with zero attached hydrogens (tertiary/aromatic N) is 3. The van der Waals surface area contributed by atoms with Crippen molar-refractivity contribution in [3.05, 3.63) is 27.9 Å². The topological polar surface area (TPSA) is 138 Å². The predicted molar refractivity (Wildman–Crippen MR) is 62.5 cm³/mol. The molecule has 1 rings (SSSR count). The first-order chi connectivity index (χ1) is 8.99. The Morgan fingerprint density at radius 2 is 2.42 bits per heavy atom. The van der Waals surface area contributed by atoms with Crippen molar-refractivity contribution in [2.75, 3.05) is 19.0 Å². The van der Waals surface area contributed by atoms with E-state index in [2.05, 4.69) is 15.0 Å². The number of nitrogens with one attached hydrogen (secondary N) is 1. The van der Waals surface area contributed by atoms with Crippen LogP contribution in [0.5, 0.6) is 0 Å². The first-order valence-corrected chi connectivity index (χ1v) is 5.04. The average molecular weight is 266 g/mol. The molecule has 9 nitrogen and oxygen atoms in total. The molecule has 1 aromatic rings. The van der Waals surface area contributed by atoms with Crippen LogP contribution in [0.15, 0.2) is 12.1 Å². The highest BCUT2D eigenvalue weighted by molar-refractivity contribution is 5.73. The number of carbonyl (C=O) groups is 1. The molecule has 1 atom stereocenters. The fourth-order valence-corrected chi connectivity index (χ4v) is 1.25. The standard InChI is InChI=1S/C10H10N4O5/c1-19-8(10(15)16)5-12-9-3-2-7(14(17)18)6(4-11)13-9/h2-3,8H,5H2,1H3,(H,12,13)(H,15,16). The van der Waals surface area contributed by atoms with E-state index in [1.807, 2.05) is 0 Å². The molecule has 9 heteroatoms. The van der Waals surface area contributed by atoms with Gasteiger partial charge in [-0.1, -0.05) is 0 Å². The van der Waals surface area contributed by atoms with Gasteiger partial charge in [-0.05, 0) is 6.07 Å². The second-order valence-electron chi connectivity index (χ2n) is 3.38. The molecule has 1 unspecified atom stereocenters. The molecule has 0 aliphatic carbocycles. The summed E-state index contributed by atoms with van der Waals surface area (Å²) in [6.07, 6.45) is -1.08. The van der Waals surface area contributed by atoms with Crippen LogP contribution >= 0.6 is 0 Å². The summed E-state index contributed by atoms with van der Waals surface area (Å²) >= 11 is 0. The second-order valence-corrected chi connectivity index (χ2v) is 3.38. The number of ether oxygens (including phenoxy) is 1. The lowest BCUT2D eigenvalue weighted by Gasteiger charge is -2.11. The number of carboxylic acid groups (broad SMARTS) is 1. The average Bonchev–Trinajstić information content (AvgIpc) is 2.38. The summed E-state index contributed by atoms with van der Waals surface area (Å²) in [6.45, 7) is -0.0818. The van der Waals surface area contributed by atoms with Gasteiger partial charge in [-0.3, -0.25) is 10.1 Å². The van der Waals surface area contributed by atoms with Crippen molar-refractivity contribution < 1.29 is 19.6 Å². The summed E-state index contributed by atoms with van der Waals surface area (Å²) in [5, 5.41) is 30.7. The zero-order valence-corrected chi connectivity index (χ0v) is 9.86. The first kappa shape index (κ1) is 14.3. The van der Waals surface area contributed by atoms with Gasteiger partial charge in [-0.15, -0.1) is 0 Å². The van der Waals surface area contributed by atoms with Crippen molar-refractivity contribution in [1.82, 2.24) is 4.98 Å². The molecule has 1 aromatic heterocycles. The van der Waals surface area contributed by atoms with E-state index in [1.165, 1.54) is 13.2 Å². The SMILES string of the molecule is COC(CNc1ccc([N+](=O)[O-])c(C#N)n1)C(=O)O. The number of aromatic nitrogens is 1. The molecule has 0 aromatic carbocycles. The van der Waals surface area contributed by atoms with Gasteiger partial charge >= 0.3 is 11.7 Å². The summed E-state index contributed by atoms with van der Waals surface area (Å²) in [5.41, 5.74) is -0.756. The fraction of sp³-hybridized carbons (Fsp3) is 0.300. The lowest BCUT2D eigenvalue weighted by atomic mass is 10.3. The number of nitriles is 1.